The maximum Gasteiger partial charge on any atom is 0.415 e. The molecule has 0 bridgehead atoms. The number of allylic oxidation sites excluding steroid dienone is 1. The minimum absolute atomic E-state index is 0.694. The summed E-state index contributed by atoms with van der Waals surface area (Å²) in [5.74, 6) is 0. The molecule has 0 radical (unpaired) electrons. The minimum Gasteiger partial charge on any atom is -0.465 e. The highest BCUT2D eigenvalue weighted by Crippen LogP contribution is 2.02. The third kappa shape index (κ3) is 1.14. The van der Waals surface area contributed by atoms with Gasteiger partial charge in [0.25, 0.3) is 0 Å². The average molecular weight is 142 g/mol. The summed E-state index contributed by atoms with van der Waals surface area (Å²) in [7, 11) is 0. The molecule has 0 aromatic carbocycles. The Hall–Kier alpha value is -1.36. The van der Waals surface area contributed by atoms with Gasteiger partial charge in [-0.1, -0.05) is 0 Å². The summed E-state index contributed by atoms with van der Waals surface area (Å²) in [5, 5.41) is 17.2. The summed E-state index contributed by atoms with van der Waals surface area (Å²) >= 11 is 0. The van der Waals surface area contributed by atoms with Crippen molar-refractivity contribution in [2.24, 2.45) is 4.99 Å². The van der Waals surface area contributed by atoms with E-state index < -0.39 is 12.4 Å². The van der Waals surface area contributed by atoms with E-state index in [4.69, 9.17) is 10.2 Å². The lowest BCUT2D eigenvalue weighted by Gasteiger charge is -2.19. The topological polar surface area (TPSA) is 73.1 Å². The fourth-order valence-corrected chi connectivity index (χ4v) is 0.569. The molecule has 1 rings (SSSR count). The Morgan fingerprint density at radius 3 is 2.80 bits per heavy atom. The van der Waals surface area contributed by atoms with Crippen LogP contribution in [0.3, 0.4) is 0 Å². The van der Waals surface area contributed by atoms with Gasteiger partial charge in [-0.3, -0.25) is 0 Å². The highest BCUT2D eigenvalue weighted by molar-refractivity contribution is 5.75. The summed E-state index contributed by atoms with van der Waals surface area (Å²) in [6, 6.07) is 0. The molecule has 10 heavy (non-hydrogen) atoms. The fraction of sp³-hybridized carbons (Fsp3) is 0.200. The van der Waals surface area contributed by atoms with E-state index in [9.17, 15) is 4.79 Å². The molecule has 5 nitrogen and oxygen atoms in total. The molecule has 5 heteroatoms. The van der Waals surface area contributed by atoms with Crippen molar-refractivity contribution in [2.45, 2.75) is 6.35 Å². The Balaban J connectivity index is 2.70. The van der Waals surface area contributed by atoms with Crippen molar-refractivity contribution in [2.75, 3.05) is 0 Å². The molecule has 0 aromatic heterocycles. The Bertz CT molecular complexity index is 199. The summed E-state index contributed by atoms with van der Waals surface area (Å²) in [4.78, 5) is 14.3. The number of rotatable bonds is 0. The normalized spacial score (nSPS) is 23.3. The Morgan fingerprint density at radius 2 is 2.40 bits per heavy atom. The van der Waals surface area contributed by atoms with Crippen molar-refractivity contribution in [1.29, 1.82) is 0 Å². The SMILES string of the molecule is O=C(O)N1C=CC=NC1O. The molecule has 0 saturated carbocycles. The number of hydrogen-bond donors (Lipinski definition) is 2. The van der Waals surface area contributed by atoms with Gasteiger partial charge in [-0.2, -0.15) is 0 Å². The second kappa shape index (κ2) is 2.49. The minimum atomic E-state index is -1.29. The first-order valence-corrected chi connectivity index (χ1v) is 2.61. The van der Waals surface area contributed by atoms with E-state index in [-0.39, 0.29) is 0 Å². The van der Waals surface area contributed by atoms with Crippen molar-refractivity contribution in [3.05, 3.63) is 12.3 Å². The maximum atomic E-state index is 10.2. The van der Waals surface area contributed by atoms with E-state index in [2.05, 4.69) is 4.99 Å². The zero-order chi connectivity index (χ0) is 7.56. The number of amides is 1. The van der Waals surface area contributed by atoms with Crippen molar-refractivity contribution in [3.8, 4) is 0 Å². The zero-order valence-corrected chi connectivity index (χ0v) is 5.01. The first-order valence-electron chi connectivity index (χ1n) is 2.61. The first-order chi connectivity index (χ1) is 4.72. The fourth-order valence-electron chi connectivity index (χ4n) is 0.569. The van der Waals surface area contributed by atoms with Gasteiger partial charge in [-0.05, 0) is 6.08 Å². The van der Waals surface area contributed by atoms with Crippen molar-refractivity contribution < 1.29 is 15.0 Å². The number of aliphatic hydroxyl groups excluding tert-OH is 1. The second-order valence-corrected chi connectivity index (χ2v) is 1.68. The van der Waals surface area contributed by atoms with Gasteiger partial charge in [0.05, 0.1) is 0 Å². The molecule has 2 N–H and O–H groups in total. The van der Waals surface area contributed by atoms with Gasteiger partial charge in [-0.15, -0.1) is 0 Å². The van der Waals surface area contributed by atoms with Gasteiger partial charge in [0, 0.05) is 12.4 Å². The molecule has 0 saturated heterocycles. The summed E-state index contributed by atoms with van der Waals surface area (Å²) in [5.41, 5.74) is 0. The molecule has 1 aliphatic heterocycles. The standard InChI is InChI=1S/C5H6N2O3/c8-4-6-2-1-3-7(4)5(9)10/h1-4,8H,(H,9,10). The summed E-state index contributed by atoms with van der Waals surface area (Å²) in [6.07, 6.45) is 1.49. The zero-order valence-electron chi connectivity index (χ0n) is 5.01. The molecule has 0 aromatic rings. The van der Waals surface area contributed by atoms with E-state index in [1.807, 2.05) is 0 Å². The molecule has 1 atom stereocenters. The largest absolute Gasteiger partial charge is 0.465 e. The predicted molar refractivity (Wildman–Crippen MR) is 33.5 cm³/mol. The second-order valence-electron chi connectivity index (χ2n) is 1.68. The van der Waals surface area contributed by atoms with E-state index in [0.717, 1.165) is 0 Å². The van der Waals surface area contributed by atoms with Gasteiger partial charge < -0.3 is 10.2 Å². The van der Waals surface area contributed by atoms with Crippen LogP contribution in [0.15, 0.2) is 17.3 Å². The van der Waals surface area contributed by atoms with Crippen LogP contribution in [0.1, 0.15) is 0 Å². The predicted octanol–water partition coefficient (Wildman–Crippen LogP) is -0.160. The van der Waals surface area contributed by atoms with Gasteiger partial charge >= 0.3 is 6.09 Å². The molecule has 1 amide bonds. The van der Waals surface area contributed by atoms with Crippen LogP contribution in [0, 0.1) is 0 Å². The Kier molecular flexibility index (Phi) is 1.68. The van der Waals surface area contributed by atoms with Crippen LogP contribution in [0.4, 0.5) is 4.79 Å². The molecular formula is C5H6N2O3. The van der Waals surface area contributed by atoms with E-state index >= 15 is 0 Å². The number of carbonyl (C=O) groups is 1. The van der Waals surface area contributed by atoms with Crippen LogP contribution in [0.25, 0.3) is 0 Å². The smallest absolute Gasteiger partial charge is 0.415 e. The lowest BCUT2D eigenvalue weighted by atomic mass is 10.5. The van der Waals surface area contributed by atoms with Gasteiger partial charge in [0.1, 0.15) is 0 Å². The van der Waals surface area contributed by atoms with Crippen LogP contribution in [-0.4, -0.2) is 33.8 Å². The van der Waals surface area contributed by atoms with Crippen LogP contribution in [0.2, 0.25) is 0 Å². The van der Waals surface area contributed by atoms with Crippen LogP contribution in [0.5, 0.6) is 0 Å². The van der Waals surface area contributed by atoms with Crippen molar-refractivity contribution in [3.63, 3.8) is 0 Å². The van der Waals surface area contributed by atoms with Crippen molar-refractivity contribution >= 4 is 12.3 Å². The number of hydrogen-bond acceptors (Lipinski definition) is 3. The van der Waals surface area contributed by atoms with E-state index in [0.29, 0.717) is 4.90 Å². The summed E-state index contributed by atoms with van der Waals surface area (Å²) < 4.78 is 0. The first kappa shape index (κ1) is 6.76. The molecule has 1 unspecified atom stereocenters. The lowest BCUT2D eigenvalue weighted by molar-refractivity contribution is 0.0459. The molecule has 0 spiro atoms. The molecule has 54 valence electrons. The highest BCUT2D eigenvalue weighted by Gasteiger charge is 2.17. The summed E-state index contributed by atoms with van der Waals surface area (Å²) in [6.45, 7) is 0. The lowest BCUT2D eigenvalue weighted by Crippen LogP contribution is -2.34. The quantitative estimate of drug-likeness (QED) is 0.493. The van der Waals surface area contributed by atoms with Crippen LogP contribution in [-0.2, 0) is 0 Å². The number of aliphatic hydroxyl groups is 1. The monoisotopic (exact) mass is 142 g/mol. The average Bonchev–Trinajstić information content (AvgIpc) is 1.88. The third-order valence-corrected chi connectivity index (χ3v) is 1.02. The maximum absolute atomic E-state index is 10.2. The molecule has 0 fully saturated rings. The molecular weight excluding hydrogens is 136 g/mol. The van der Waals surface area contributed by atoms with Crippen LogP contribution >= 0.6 is 0 Å². The molecule has 1 aliphatic rings. The van der Waals surface area contributed by atoms with E-state index in [1.165, 1.54) is 18.5 Å². The van der Waals surface area contributed by atoms with Gasteiger partial charge in [-0.25, -0.2) is 14.7 Å². The van der Waals surface area contributed by atoms with Crippen molar-refractivity contribution in [1.82, 2.24) is 4.90 Å². The Labute approximate surface area is 56.9 Å². The number of aliphatic imine (C=N–C) groups is 1. The highest BCUT2D eigenvalue weighted by atomic mass is 16.4. The van der Waals surface area contributed by atoms with Gasteiger partial charge in [0.15, 0.2) is 0 Å². The van der Waals surface area contributed by atoms with Gasteiger partial charge in [0.2, 0.25) is 6.35 Å². The van der Waals surface area contributed by atoms with E-state index in [1.54, 1.807) is 0 Å². The molecule has 0 aliphatic carbocycles. The Morgan fingerprint density at radius 1 is 1.70 bits per heavy atom. The third-order valence-electron chi connectivity index (χ3n) is 1.02. The molecule has 1 heterocycles. The number of carboxylic acid groups (broad SMARTS) is 1. The van der Waals surface area contributed by atoms with Crippen LogP contribution < -0.4 is 0 Å². The number of nitrogens with zero attached hydrogens (tertiary/aromatic N) is 2.